The van der Waals surface area contributed by atoms with Crippen molar-refractivity contribution in [2.45, 2.75) is 96.8 Å². The molecular weight excluding hydrogens is 499 g/mol. The molecule has 0 unspecified atom stereocenters. The number of benzene rings is 2. The molecule has 0 fully saturated rings. The zero-order valence-corrected chi connectivity index (χ0v) is 23.1. The Hall–Kier alpha value is -3.15. The van der Waals surface area contributed by atoms with Gasteiger partial charge in [0.05, 0.1) is 11.3 Å². The average Bonchev–Trinajstić information content (AvgIpc) is 2.94. The zero-order valence-electron chi connectivity index (χ0n) is 23.1. The molecule has 6 heteroatoms. The smallest absolute Gasteiger partial charge is 0.425 e. The van der Waals surface area contributed by atoms with Crippen LogP contribution in [0.5, 0.6) is 0 Å². The summed E-state index contributed by atoms with van der Waals surface area (Å²) >= 11 is 0. The number of unbranched alkanes of at least 4 members (excludes halogenated alkanes) is 7. The van der Waals surface area contributed by atoms with Gasteiger partial charge in [-0.25, -0.2) is 4.79 Å². The molecule has 0 aliphatic heterocycles. The van der Waals surface area contributed by atoms with Crippen molar-refractivity contribution in [1.29, 1.82) is 0 Å². The van der Waals surface area contributed by atoms with Gasteiger partial charge in [-0.15, -0.1) is 0 Å². The molecule has 0 aliphatic rings. The van der Waals surface area contributed by atoms with Gasteiger partial charge in [-0.05, 0) is 55.0 Å². The fourth-order valence-electron chi connectivity index (χ4n) is 4.55. The molecular formula is C33H40F3NO2. The Balaban J connectivity index is 1.57. The Bertz CT molecular complexity index is 1120. The second-order valence-electron chi connectivity index (χ2n) is 10.2. The molecule has 0 aliphatic carbocycles. The van der Waals surface area contributed by atoms with Crippen molar-refractivity contribution in [2.75, 3.05) is 0 Å². The molecule has 3 aromatic rings. The van der Waals surface area contributed by atoms with Gasteiger partial charge >= 0.3 is 12.1 Å². The predicted octanol–water partition coefficient (Wildman–Crippen LogP) is 9.99. The van der Waals surface area contributed by atoms with Gasteiger partial charge in [0, 0.05) is 17.3 Å². The second kappa shape index (κ2) is 15.4. The number of pyridine rings is 1. The maximum Gasteiger partial charge on any atom is 0.425 e. The molecule has 3 nitrogen and oxygen atoms in total. The van der Waals surface area contributed by atoms with Gasteiger partial charge in [0.25, 0.3) is 0 Å². The summed E-state index contributed by atoms with van der Waals surface area (Å²) in [5.74, 6) is -0.966. The van der Waals surface area contributed by atoms with Crippen molar-refractivity contribution < 1.29 is 22.7 Å². The van der Waals surface area contributed by atoms with Crippen LogP contribution in [-0.4, -0.2) is 23.2 Å². The Labute approximate surface area is 230 Å². The second-order valence-corrected chi connectivity index (χ2v) is 10.2. The summed E-state index contributed by atoms with van der Waals surface area (Å²) in [4.78, 5) is 17.0. The van der Waals surface area contributed by atoms with E-state index in [2.05, 4.69) is 36.2 Å². The minimum absolute atomic E-state index is 0.0867. The quantitative estimate of drug-likeness (QED) is 0.142. The maximum absolute atomic E-state index is 13.4. The molecule has 1 atom stereocenters. The first-order valence-electron chi connectivity index (χ1n) is 14.2. The van der Waals surface area contributed by atoms with E-state index in [0.717, 1.165) is 36.0 Å². The van der Waals surface area contributed by atoms with Crippen LogP contribution in [0.2, 0.25) is 0 Å². The Morgan fingerprint density at radius 2 is 1.33 bits per heavy atom. The third kappa shape index (κ3) is 9.83. The topological polar surface area (TPSA) is 39.2 Å². The SMILES string of the molecule is CCCCCCCc1ccc(-c2ccc(-c3ccc(C(=O)O[C@H](CCCCCC)C(F)(F)F)cc3)nc2)cc1. The van der Waals surface area contributed by atoms with Gasteiger partial charge in [-0.3, -0.25) is 4.98 Å². The minimum atomic E-state index is -4.58. The van der Waals surface area contributed by atoms with Crippen LogP contribution in [0.3, 0.4) is 0 Å². The summed E-state index contributed by atoms with van der Waals surface area (Å²) in [6.07, 6.45) is 5.22. The van der Waals surface area contributed by atoms with Gasteiger partial charge in [0.15, 0.2) is 6.10 Å². The molecule has 0 amide bonds. The van der Waals surface area contributed by atoms with Crippen molar-refractivity contribution in [1.82, 2.24) is 4.98 Å². The standard InChI is InChI=1S/C33H40F3NO2/c1-3-5-7-9-10-12-25-14-16-26(17-15-25)29-22-23-30(37-24-29)27-18-20-28(21-19-27)32(38)39-31(33(34,35)36)13-11-8-6-4-2/h14-24,31H,3-13H2,1-2H3/t31-/m1/s1. The minimum Gasteiger partial charge on any atom is -0.449 e. The van der Waals surface area contributed by atoms with E-state index in [1.807, 2.05) is 25.3 Å². The van der Waals surface area contributed by atoms with Gasteiger partial charge in [0.1, 0.15) is 0 Å². The number of hydrogen-bond acceptors (Lipinski definition) is 3. The summed E-state index contributed by atoms with van der Waals surface area (Å²) in [6, 6.07) is 18.8. The van der Waals surface area contributed by atoms with Gasteiger partial charge in [0.2, 0.25) is 0 Å². The van der Waals surface area contributed by atoms with E-state index in [4.69, 9.17) is 4.74 Å². The Morgan fingerprint density at radius 3 is 1.92 bits per heavy atom. The monoisotopic (exact) mass is 539 g/mol. The number of halogens is 3. The van der Waals surface area contributed by atoms with Crippen LogP contribution < -0.4 is 0 Å². The van der Waals surface area contributed by atoms with Crippen molar-refractivity contribution in [3.05, 3.63) is 78.0 Å². The highest BCUT2D eigenvalue weighted by atomic mass is 19.4. The number of carbonyl (C=O) groups excluding carboxylic acids is 1. The fraction of sp³-hybridized carbons (Fsp3) is 0.455. The van der Waals surface area contributed by atoms with Gasteiger partial charge in [-0.1, -0.05) is 101 Å². The molecule has 0 saturated heterocycles. The molecule has 0 N–H and O–H groups in total. The van der Waals surface area contributed by atoms with Crippen LogP contribution in [0.4, 0.5) is 13.2 Å². The molecule has 0 spiro atoms. The number of ether oxygens (including phenoxy) is 1. The molecule has 2 aromatic carbocycles. The number of carbonyl (C=O) groups is 1. The number of alkyl halides is 3. The predicted molar refractivity (Wildman–Crippen MR) is 152 cm³/mol. The number of hydrogen-bond donors (Lipinski definition) is 0. The van der Waals surface area contributed by atoms with E-state index in [9.17, 15) is 18.0 Å². The Morgan fingerprint density at radius 1 is 0.744 bits per heavy atom. The molecule has 3 rings (SSSR count). The van der Waals surface area contributed by atoms with E-state index in [-0.39, 0.29) is 12.0 Å². The molecule has 0 radical (unpaired) electrons. The van der Waals surface area contributed by atoms with Crippen molar-refractivity contribution in [3.63, 3.8) is 0 Å². The van der Waals surface area contributed by atoms with E-state index in [0.29, 0.717) is 18.5 Å². The summed E-state index contributed by atoms with van der Waals surface area (Å²) < 4.78 is 45.0. The van der Waals surface area contributed by atoms with Gasteiger partial charge in [-0.2, -0.15) is 13.2 Å². The zero-order chi connectivity index (χ0) is 28.1. The number of esters is 1. The summed E-state index contributed by atoms with van der Waals surface area (Å²) in [5.41, 5.74) is 5.01. The first kappa shape index (κ1) is 30.4. The lowest BCUT2D eigenvalue weighted by molar-refractivity contribution is -0.206. The molecule has 1 aromatic heterocycles. The normalized spacial score (nSPS) is 12.3. The highest BCUT2D eigenvalue weighted by Crippen LogP contribution is 2.29. The van der Waals surface area contributed by atoms with Crippen LogP contribution in [-0.2, 0) is 11.2 Å². The van der Waals surface area contributed by atoms with Crippen LogP contribution in [0.25, 0.3) is 22.4 Å². The fourth-order valence-corrected chi connectivity index (χ4v) is 4.55. The summed E-state index contributed by atoms with van der Waals surface area (Å²) in [5, 5.41) is 0. The molecule has 39 heavy (non-hydrogen) atoms. The van der Waals surface area contributed by atoms with Crippen LogP contribution in [0.15, 0.2) is 66.9 Å². The highest BCUT2D eigenvalue weighted by Gasteiger charge is 2.42. The number of nitrogens with zero attached hydrogens (tertiary/aromatic N) is 1. The summed E-state index contributed by atoms with van der Waals surface area (Å²) in [7, 11) is 0. The maximum atomic E-state index is 13.4. The van der Waals surface area contributed by atoms with Crippen molar-refractivity contribution in [3.8, 4) is 22.4 Å². The number of aromatic nitrogens is 1. The first-order chi connectivity index (χ1) is 18.8. The third-order valence-electron chi connectivity index (χ3n) is 6.97. The third-order valence-corrected chi connectivity index (χ3v) is 6.97. The molecule has 210 valence electrons. The molecule has 0 saturated carbocycles. The van der Waals surface area contributed by atoms with Crippen LogP contribution in [0, 0.1) is 0 Å². The average molecular weight is 540 g/mol. The first-order valence-corrected chi connectivity index (χ1v) is 14.2. The Kier molecular flexibility index (Phi) is 12.0. The van der Waals surface area contributed by atoms with Crippen LogP contribution >= 0.6 is 0 Å². The molecule has 0 bridgehead atoms. The van der Waals surface area contributed by atoms with Crippen molar-refractivity contribution >= 4 is 5.97 Å². The molecule has 1 heterocycles. The van der Waals surface area contributed by atoms with Gasteiger partial charge < -0.3 is 4.74 Å². The number of rotatable bonds is 15. The highest BCUT2D eigenvalue weighted by molar-refractivity contribution is 5.90. The lowest BCUT2D eigenvalue weighted by Gasteiger charge is -2.20. The van der Waals surface area contributed by atoms with Crippen molar-refractivity contribution in [2.24, 2.45) is 0 Å². The lowest BCUT2D eigenvalue weighted by Crippen LogP contribution is -2.33. The summed E-state index contributed by atoms with van der Waals surface area (Å²) in [6.45, 7) is 4.22. The van der Waals surface area contributed by atoms with E-state index < -0.39 is 18.2 Å². The largest absolute Gasteiger partial charge is 0.449 e. The van der Waals surface area contributed by atoms with E-state index in [1.165, 1.54) is 49.8 Å². The van der Waals surface area contributed by atoms with E-state index >= 15 is 0 Å². The number of aryl methyl sites for hydroxylation is 1. The van der Waals surface area contributed by atoms with E-state index in [1.54, 1.807) is 12.1 Å². The van der Waals surface area contributed by atoms with Crippen LogP contribution in [0.1, 0.15) is 94.0 Å². The lowest BCUT2D eigenvalue weighted by atomic mass is 10.0.